The summed E-state index contributed by atoms with van der Waals surface area (Å²) in [6, 6.07) is 3.90. The van der Waals surface area contributed by atoms with Crippen LogP contribution < -0.4 is 16.4 Å². The number of nitrogens with zero attached hydrogens (tertiary/aromatic N) is 3. The Kier molecular flexibility index (Phi) is 8.41. The highest BCUT2D eigenvalue weighted by molar-refractivity contribution is 6.14. The molecule has 0 saturated heterocycles. The maximum Gasteiger partial charge on any atom is 0.255 e. The van der Waals surface area contributed by atoms with Gasteiger partial charge in [0.2, 0.25) is 0 Å². The molecule has 0 saturated carbocycles. The predicted octanol–water partition coefficient (Wildman–Crippen LogP) is 2.23. The van der Waals surface area contributed by atoms with Crippen molar-refractivity contribution in [1.29, 1.82) is 5.41 Å². The number of benzene rings is 1. The lowest BCUT2D eigenvalue weighted by molar-refractivity contribution is 0.0907. The van der Waals surface area contributed by atoms with E-state index in [0.717, 1.165) is 0 Å². The summed E-state index contributed by atoms with van der Waals surface area (Å²) >= 11 is 0. The summed E-state index contributed by atoms with van der Waals surface area (Å²) in [4.78, 5) is 28.6. The molecule has 0 aliphatic rings. The summed E-state index contributed by atoms with van der Waals surface area (Å²) in [5.41, 5.74) is 7.46. The van der Waals surface area contributed by atoms with Gasteiger partial charge in [-0.3, -0.25) is 15.2 Å². The molecule has 2 aromatic heterocycles. The van der Waals surface area contributed by atoms with E-state index in [2.05, 4.69) is 30.6 Å². The van der Waals surface area contributed by atoms with Gasteiger partial charge in [0.15, 0.2) is 5.65 Å². The van der Waals surface area contributed by atoms with Crippen molar-refractivity contribution in [3.05, 3.63) is 65.5 Å². The predicted molar refractivity (Wildman–Crippen MR) is 130 cm³/mol. The monoisotopic (exact) mass is 466 g/mol. The topological polar surface area (TPSA) is 154 Å². The van der Waals surface area contributed by atoms with Gasteiger partial charge >= 0.3 is 0 Å². The second-order valence-corrected chi connectivity index (χ2v) is 7.42. The number of hydrogen-bond donors (Lipinski definition) is 5. The first-order valence-electron chi connectivity index (χ1n) is 10.6. The van der Waals surface area contributed by atoms with Crippen LogP contribution in [0.5, 0.6) is 0 Å². The van der Waals surface area contributed by atoms with E-state index >= 15 is 0 Å². The molecule has 3 aromatic rings. The van der Waals surface area contributed by atoms with Crippen LogP contribution >= 0.6 is 0 Å². The van der Waals surface area contributed by atoms with Crippen molar-refractivity contribution in [2.75, 3.05) is 32.1 Å². The molecule has 34 heavy (non-hydrogen) atoms. The van der Waals surface area contributed by atoms with Crippen molar-refractivity contribution < 1.29 is 13.9 Å². The molecule has 1 aromatic carbocycles. The summed E-state index contributed by atoms with van der Waals surface area (Å²) < 4.78 is 19.0. The minimum Gasteiger partial charge on any atom is -0.405 e. The van der Waals surface area contributed by atoms with Crippen LogP contribution in [-0.2, 0) is 4.74 Å². The first-order chi connectivity index (χ1) is 16.4. The lowest BCUT2D eigenvalue weighted by atomic mass is 10.0. The highest BCUT2D eigenvalue weighted by Crippen LogP contribution is 2.22. The standard InChI is InChI=1S/C23H27FN8O2/c1-14(13-34-2)31-23(33)17-11-29-22-21(17)32-19(12-30-22)20(26)16-5-4-15(24)10-18(16)28-9-8-27-7-3-6-25/h3-7,10-12,14,26,28H,8-9,13,25H2,1-2H3,(H,29,30)(H,31,33). The molecule has 1 unspecified atom stereocenters. The SMILES string of the molecule is COCC(C)NC(=O)c1c[nH]c2ncc(C(=N)c3ccc(F)cc3NCCN=CC=CN)nc12. The Morgan fingerprint density at radius 2 is 2.24 bits per heavy atom. The molecule has 0 spiro atoms. The third kappa shape index (κ3) is 6.01. The van der Waals surface area contributed by atoms with Crippen LogP contribution in [0.15, 0.2) is 47.9 Å². The average molecular weight is 467 g/mol. The maximum absolute atomic E-state index is 13.9. The van der Waals surface area contributed by atoms with Crippen LogP contribution in [0, 0.1) is 11.2 Å². The van der Waals surface area contributed by atoms with Gasteiger partial charge in [-0.2, -0.15) is 0 Å². The Hall–Kier alpha value is -4.12. The van der Waals surface area contributed by atoms with Gasteiger partial charge in [0.05, 0.1) is 30.6 Å². The van der Waals surface area contributed by atoms with Crippen LogP contribution in [0.1, 0.15) is 28.5 Å². The zero-order valence-corrected chi connectivity index (χ0v) is 18.9. The van der Waals surface area contributed by atoms with Crippen molar-refractivity contribution >= 4 is 34.7 Å². The number of allylic oxidation sites excluding steroid dienone is 1. The van der Waals surface area contributed by atoms with E-state index < -0.39 is 5.82 Å². The fourth-order valence-corrected chi connectivity index (χ4v) is 3.24. The Morgan fingerprint density at radius 1 is 1.41 bits per heavy atom. The number of hydrogen-bond acceptors (Lipinski definition) is 8. The summed E-state index contributed by atoms with van der Waals surface area (Å²) in [6.07, 6.45) is 7.51. The van der Waals surface area contributed by atoms with Gasteiger partial charge in [-0.05, 0) is 37.4 Å². The minimum atomic E-state index is -0.440. The highest BCUT2D eigenvalue weighted by atomic mass is 19.1. The van der Waals surface area contributed by atoms with Crippen molar-refractivity contribution in [3.8, 4) is 0 Å². The van der Waals surface area contributed by atoms with Crippen LogP contribution in [0.4, 0.5) is 10.1 Å². The van der Waals surface area contributed by atoms with Gasteiger partial charge in [-0.1, -0.05) is 0 Å². The molecule has 10 nitrogen and oxygen atoms in total. The van der Waals surface area contributed by atoms with E-state index in [1.165, 1.54) is 36.8 Å². The molecule has 0 bridgehead atoms. The Bertz CT molecular complexity index is 1220. The van der Waals surface area contributed by atoms with Gasteiger partial charge in [0, 0.05) is 43.4 Å². The number of fused-ring (bicyclic) bond motifs is 1. The number of rotatable bonds is 11. The number of aromatic nitrogens is 3. The molecule has 1 amide bonds. The van der Waals surface area contributed by atoms with Gasteiger partial charge in [-0.25, -0.2) is 14.4 Å². The number of ether oxygens (including phenoxy) is 1. The molecule has 11 heteroatoms. The second kappa shape index (κ2) is 11.7. The maximum atomic E-state index is 13.9. The third-order valence-electron chi connectivity index (χ3n) is 4.79. The Morgan fingerprint density at radius 3 is 3.00 bits per heavy atom. The molecule has 0 aliphatic heterocycles. The second-order valence-electron chi connectivity index (χ2n) is 7.42. The highest BCUT2D eigenvalue weighted by Gasteiger charge is 2.19. The zero-order chi connectivity index (χ0) is 24.5. The Balaban J connectivity index is 1.84. The number of aliphatic imine (C=N–C) groups is 1. The number of carbonyl (C=O) groups excluding carboxylic acids is 1. The summed E-state index contributed by atoms with van der Waals surface area (Å²) in [5, 5.41) is 14.6. The summed E-state index contributed by atoms with van der Waals surface area (Å²) in [5.74, 6) is -0.770. The molecule has 2 heterocycles. The zero-order valence-electron chi connectivity index (χ0n) is 18.9. The average Bonchev–Trinajstić information content (AvgIpc) is 3.24. The molecular formula is C23H27FN8O2. The van der Waals surface area contributed by atoms with Gasteiger partial charge < -0.3 is 26.1 Å². The third-order valence-corrected chi connectivity index (χ3v) is 4.79. The Labute approximate surface area is 196 Å². The molecule has 0 fully saturated rings. The lowest BCUT2D eigenvalue weighted by Crippen LogP contribution is -2.35. The molecule has 3 rings (SSSR count). The first-order valence-corrected chi connectivity index (χ1v) is 10.6. The van der Waals surface area contributed by atoms with Crippen molar-refractivity contribution in [3.63, 3.8) is 0 Å². The first kappa shape index (κ1) is 24.5. The number of H-pyrrole nitrogens is 1. The summed E-state index contributed by atoms with van der Waals surface area (Å²) in [7, 11) is 1.56. The minimum absolute atomic E-state index is 0.0341. The molecule has 6 N–H and O–H groups in total. The molecular weight excluding hydrogens is 439 g/mol. The van der Waals surface area contributed by atoms with Gasteiger partial charge in [0.1, 0.15) is 17.0 Å². The van der Waals surface area contributed by atoms with Crippen molar-refractivity contribution in [2.24, 2.45) is 10.7 Å². The fourth-order valence-electron chi connectivity index (χ4n) is 3.24. The number of aromatic amines is 1. The number of methoxy groups -OCH3 is 1. The number of carbonyl (C=O) groups is 1. The van der Waals surface area contributed by atoms with Crippen molar-refractivity contribution in [2.45, 2.75) is 13.0 Å². The lowest BCUT2D eigenvalue weighted by Gasteiger charge is -2.13. The fraction of sp³-hybridized carbons (Fsp3) is 0.261. The van der Waals surface area contributed by atoms with E-state index in [-0.39, 0.29) is 23.4 Å². The molecule has 1 atom stereocenters. The largest absolute Gasteiger partial charge is 0.405 e. The van der Waals surface area contributed by atoms with Crippen LogP contribution in [0.25, 0.3) is 11.2 Å². The van der Waals surface area contributed by atoms with E-state index in [4.69, 9.17) is 15.9 Å². The summed E-state index contributed by atoms with van der Waals surface area (Å²) in [6.45, 7) is 3.05. The number of anilines is 1. The normalized spacial score (nSPS) is 12.4. The van der Waals surface area contributed by atoms with Gasteiger partial charge in [0.25, 0.3) is 5.91 Å². The number of amides is 1. The number of nitrogens with one attached hydrogen (secondary N) is 4. The molecule has 0 aliphatic carbocycles. The van der Waals surface area contributed by atoms with E-state index in [1.807, 2.05) is 6.92 Å². The van der Waals surface area contributed by atoms with E-state index in [0.29, 0.717) is 47.7 Å². The molecule has 0 radical (unpaired) electrons. The van der Waals surface area contributed by atoms with Crippen LogP contribution in [-0.4, -0.2) is 65.6 Å². The smallest absolute Gasteiger partial charge is 0.255 e. The van der Waals surface area contributed by atoms with E-state index in [9.17, 15) is 9.18 Å². The number of nitrogens with two attached hydrogens (primary N) is 1. The molecule has 178 valence electrons. The van der Waals surface area contributed by atoms with Crippen LogP contribution in [0.3, 0.4) is 0 Å². The quantitative estimate of drug-likeness (QED) is 0.216. The number of halogens is 1. The van der Waals surface area contributed by atoms with E-state index in [1.54, 1.807) is 19.4 Å². The van der Waals surface area contributed by atoms with Gasteiger partial charge in [-0.15, -0.1) is 0 Å². The van der Waals surface area contributed by atoms with Crippen LogP contribution in [0.2, 0.25) is 0 Å². The van der Waals surface area contributed by atoms with Crippen molar-refractivity contribution in [1.82, 2.24) is 20.3 Å².